The van der Waals surface area contributed by atoms with Crippen molar-refractivity contribution in [2.45, 2.75) is 31.4 Å². The predicted octanol–water partition coefficient (Wildman–Crippen LogP) is 1.85. The standard InChI is InChI=1S/C11H15BrN2O/c12-9-2-3-10(14-6-9)7-13-8-11(15)4-1-5-11/h2-3,6,13,15H,1,4-5,7-8H2. The molecule has 0 saturated heterocycles. The third kappa shape index (κ3) is 3.00. The van der Waals surface area contributed by atoms with Gasteiger partial charge in [0, 0.05) is 23.8 Å². The molecular weight excluding hydrogens is 256 g/mol. The molecule has 0 unspecified atom stereocenters. The van der Waals surface area contributed by atoms with Gasteiger partial charge < -0.3 is 10.4 Å². The average molecular weight is 271 g/mol. The zero-order chi connectivity index (χ0) is 10.7. The zero-order valence-corrected chi connectivity index (χ0v) is 10.1. The molecular formula is C11H15BrN2O. The first-order valence-corrected chi connectivity index (χ1v) is 6.01. The molecule has 82 valence electrons. The Bertz CT molecular complexity index is 322. The summed E-state index contributed by atoms with van der Waals surface area (Å²) >= 11 is 3.34. The first-order valence-electron chi connectivity index (χ1n) is 5.22. The monoisotopic (exact) mass is 270 g/mol. The fourth-order valence-corrected chi connectivity index (χ4v) is 1.93. The minimum absolute atomic E-state index is 0.449. The molecule has 15 heavy (non-hydrogen) atoms. The summed E-state index contributed by atoms with van der Waals surface area (Å²) in [7, 11) is 0. The number of nitrogens with zero attached hydrogens (tertiary/aromatic N) is 1. The van der Waals surface area contributed by atoms with E-state index in [-0.39, 0.29) is 0 Å². The zero-order valence-electron chi connectivity index (χ0n) is 8.54. The summed E-state index contributed by atoms with van der Waals surface area (Å²) in [5.74, 6) is 0. The third-order valence-electron chi connectivity index (χ3n) is 2.83. The van der Waals surface area contributed by atoms with Gasteiger partial charge in [0.2, 0.25) is 0 Å². The molecule has 0 atom stereocenters. The van der Waals surface area contributed by atoms with Gasteiger partial charge in [-0.25, -0.2) is 0 Å². The lowest BCUT2D eigenvalue weighted by atomic mass is 9.80. The number of hydrogen-bond acceptors (Lipinski definition) is 3. The summed E-state index contributed by atoms with van der Waals surface area (Å²) in [6, 6.07) is 3.95. The Morgan fingerprint density at radius 3 is 2.80 bits per heavy atom. The molecule has 1 heterocycles. The van der Waals surface area contributed by atoms with Crippen molar-refractivity contribution in [3.63, 3.8) is 0 Å². The maximum atomic E-state index is 9.84. The van der Waals surface area contributed by atoms with Gasteiger partial charge in [-0.1, -0.05) is 0 Å². The van der Waals surface area contributed by atoms with Crippen molar-refractivity contribution in [3.05, 3.63) is 28.5 Å². The molecule has 2 N–H and O–H groups in total. The Labute approximate surface area is 98.0 Å². The van der Waals surface area contributed by atoms with Crippen molar-refractivity contribution in [1.29, 1.82) is 0 Å². The summed E-state index contributed by atoms with van der Waals surface area (Å²) in [5.41, 5.74) is 0.552. The van der Waals surface area contributed by atoms with Crippen molar-refractivity contribution in [2.24, 2.45) is 0 Å². The molecule has 1 aliphatic carbocycles. The molecule has 0 aliphatic heterocycles. The van der Waals surface area contributed by atoms with E-state index in [1.165, 1.54) is 0 Å². The summed E-state index contributed by atoms with van der Waals surface area (Å²) in [4.78, 5) is 4.25. The van der Waals surface area contributed by atoms with E-state index >= 15 is 0 Å². The molecule has 0 radical (unpaired) electrons. The van der Waals surface area contributed by atoms with Crippen LogP contribution in [0.2, 0.25) is 0 Å². The summed E-state index contributed by atoms with van der Waals surface area (Å²) in [6.45, 7) is 1.39. The molecule has 1 aliphatic rings. The van der Waals surface area contributed by atoms with Gasteiger partial charge in [-0.05, 0) is 47.3 Å². The van der Waals surface area contributed by atoms with Gasteiger partial charge >= 0.3 is 0 Å². The van der Waals surface area contributed by atoms with E-state index in [1.54, 1.807) is 6.20 Å². The molecule has 1 saturated carbocycles. The van der Waals surface area contributed by atoms with Crippen molar-refractivity contribution in [1.82, 2.24) is 10.3 Å². The molecule has 1 aromatic rings. The smallest absolute Gasteiger partial charge is 0.0771 e. The van der Waals surface area contributed by atoms with Gasteiger partial charge in [0.25, 0.3) is 0 Å². The van der Waals surface area contributed by atoms with Gasteiger partial charge in [0.15, 0.2) is 0 Å². The van der Waals surface area contributed by atoms with E-state index in [1.807, 2.05) is 12.1 Å². The highest BCUT2D eigenvalue weighted by atomic mass is 79.9. The number of nitrogens with one attached hydrogen (secondary N) is 1. The molecule has 1 fully saturated rings. The number of hydrogen-bond donors (Lipinski definition) is 2. The highest BCUT2D eigenvalue weighted by Gasteiger charge is 2.33. The van der Waals surface area contributed by atoms with E-state index in [0.717, 1.165) is 36.0 Å². The van der Waals surface area contributed by atoms with Crippen LogP contribution in [0.25, 0.3) is 0 Å². The van der Waals surface area contributed by atoms with Gasteiger partial charge in [0.05, 0.1) is 11.3 Å². The Hall–Kier alpha value is -0.450. The molecule has 0 aromatic carbocycles. The topological polar surface area (TPSA) is 45.1 Å². The Kier molecular flexibility index (Phi) is 3.38. The van der Waals surface area contributed by atoms with Gasteiger partial charge in [-0.15, -0.1) is 0 Å². The number of aromatic nitrogens is 1. The van der Waals surface area contributed by atoms with Crippen LogP contribution < -0.4 is 5.32 Å². The number of rotatable bonds is 4. The van der Waals surface area contributed by atoms with E-state index in [9.17, 15) is 5.11 Å². The maximum absolute atomic E-state index is 9.84. The van der Waals surface area contributed by atoms with Crippen molar-refractivity contribution in [2.75, 3.05) is 6.54 Å². The van der Waals surface area contributed by atoms with Gasteiger partial charge in [-0.2, -0.15) is 0 Å². The van der Waals surface area contributed by atoms with Crippen molar-refractivity contribution in [3.8, 4) is 0 Å². The highest BCUT2D eigenvalue weighted by Crippen LogP contribution is 2.30. The van der Waals surface area contributed by atoms with Crippen LogP contribution in [0.4, 0.5) is 0 Å². The van der Waals surface area contributed by atoms with Crippen LogP contribution in [0.1, 0.15) is 25.0 Å². The Morgan fingerprint density at radius 1 is 1.47 bits per heavy atom. The van der Waals surface area contributed by atoms with Crippen LogP contribution in [0.5, 0.6) is 0 Å². The largest absolute Gasteiger partial charge is 0.389 e. The molecule has 1 aromatic heterocycles. The molecule has 0 amide bonds. The molecule has 0 bridgehead atoms. The summed E-state index contributed by atoms with van der Waals surface area (Å²) < 4.78 is 0.990. The van der Waals surface area contributed by atoms with Crippen molar-refractivity contribution >= 4 is 15.9 Å². The third-order valence-corrected chi connectivity index (χ3v) is 3.30. The molecule has 2 rings (SSSR count). The molecule has 0 spiro atoms. The second-order valence-electron chi connectivity index (χ2n) is 4.15. The fourth-order valence-electron chi connectivity index (χ4n) is 1.70. The quantitative estimate of drug-likeness (QED) is 0.878. The van der Waals surface area contributed by atoms with Crippen LogP contribution >= 0.6 is 15.9 Å². The van der Waals surface area contributed by atoms with E-state index in [4.69, 9.17) is 0 Å². The number of pyridine rings is 1. The summed E-state index contributed by atoms with van der Waals surface area (Å²) in [5, 5.41) is 13.1. The first-order chi connectivity index (χ1) is 7.18. The summed E-state index contributed by atoms with van der Waals surface area (Å²) in [6.07, 6.45) is 4.78. The Morgan fingerprint density at radius 2 is 2.27 bits per heavy atom. The van der Waals surface area contributed by atoms with Crippen molar-refractivity contribution < 1.29 is 5.11 Å². The maximum Gasteiger partial charge on any atom is 0.0771 e. The van der Waals surface area contributed by atoms with Crippen LogP contribution in [0.3, 0.4) is 0 Å². The second-order valence-corrected chi connectivity index (χ2v) is 5.06. The lowest BCUT2D eigenvalue weighted by Gasteiger charge is -2.36. The second kappa shape index (κ2) is 4.60. The molecule has 3 nitrogen and oxygen atoms in total. The minimum Gasteiger partial charge on any atom is -0.389 e. The number of aliphatic hydroxyl groups is 1. The lowest BCUT2D eigenvalue weighted by molar-refractivity contribution is -0.0315. The minimum atomic E-state index is -0.449. The van der Waals surface area contributed by atoms with Gasteiger partial charge in [-0.3, -0.25) is 4.98 Å². The first kappa shape index (κ1) is 11.0. The van der Waals surface area contributed by atoms with E-state index in [2.05, 4.69) is 26.2 Å². The normalized spacial score (nSPS) is 18.5. The SMILES string of the molecule is OC1(CNCc2ccc(Br)cn2)CCC1. The van der Waals surface area contributed by atoms with Crippen LogP contribution in [0, 0.1) is 0 Å². The fraction of sp³-hybridized carbons (Fsp3) is 0.545. The highest BCUT2D eigenvalue weighted by molar-refractivity contribution is 9.10. The lowest BCUT2D eigenvalue weighted by Crippen LogP contribution is -2.46. The predicted molar refractivity (Wildman–Crippen MR) is 62.4 cm³/mol. The molecule has 4 heteroatoms. The van der Waals surface area contributed by atoms with E-state index in [0.29, 0.717) is 6.54 Å². The van der Waals surface area contributed by atoms with Crippen LogP contribution in [-0.4, -0.2) is 22.2 Å². The number of halogens is 1. The van der Waals surface area contributed by atoms with Crippen LogP contribution in [-0.2, 0) is 6.54 Å². The van der Waals surface area contributed by atoms with Crippen LogP contribution in [0.15, 0.2) is 22.8 Å². The van der Waals surface area contributed by atoms with E-state index < -0.39 is 5.60 Å². The van der Waals surface area contributed by atoms with Gasteiger partial charge in [0.1, 0.15) is 0 Å². The Balaban J connectivity index is 1.76. The average Bonchev–Trinajstić information content (AvgIpc) is 2.19.